The van der Waals surface area contributed by atoms with E-state index in [0.29, 0.717) is 46.5 Å². The second-order valence-corrected chi connectivity index (χ2v) is 19.5. The van der Waals surface area contributed by atoms with Gasteiger partial charge in [-0.1, -0.05) is 25.8 Å². The first kappa shape index (κ1) is 44.2. The number of methoxy groups -OCH3 is 1. The molecule has 0 radical (unpaired) electrons. The van der Waals surface area contributed by atoms with Gasteiger partial charge >= 0.3 is 5.92 Å². The van der Waals surface area contributed by atoms with Crippen LogP contribution < -0.4 is 25.6 Å². The van der Waals surface area contributed by atoms with Gasteiger partial charge in [-0.2, -0.15) is 8.78 Å². The zero-order valence-corrected chi connectivity index (χ0v) is 37.0. The highest BCUT2D eigenvalue weighted by Gasteiger charge is 2.53. The number of nitrogens with one attached hydrogen (secondary N) is 3. The highest BCUT2D eigenvalue weighted by Crippen LogP contribution is 2.49. The molecule has 2 aromatic carbocycles. The topological polar surface area (TPSA) is 151 Å². The number of fused-ring (bicyclic) bond motifs is 1. The summed E-state index contributed by atoms with van der Waals surface area (Å²) in [5.74, 6) is -4.91. The molecule has 2 saturated carbocycles. The fraction of sp³-hybridized carbons (Fsp3) is 0.617. The molecule has 4 saturated heterocycles. The van der Waals surface area contributed by atoms with Crippen LogP contribution in [-0.2, 0) is 14.4 Å². The minimum atomic E-state index is -3.53. The van der Waals surface area contributed by atoms with Gasteiger partial charge in [-0.15, -0.1) is 0 Å². The van der Waals surface area contributed by atoms with Crippen molar-refractivity contribution in [3.8, 4) is 5.75 Å². The lowest BCUT2D eigenvalue weighted by molar-refractivity contribution is -0.156. The number of piperidine rings is 3. The molecule has 344 valence electrons. The highest BCUT2D eigenvalue weighted by atomic mass is 19.3. The van der Waals surface area contributed by atoms with E-state index in [2.05, 4.69) is 37.7 Å². The van der Waals surface area contributed by atoms with E-state index in [4.69, 9.17) is 9.73 Å². The number of rotatable bonds is 9. The van der Waals surface area contributed by atoms with Crippen LogP contribution in [0.4, 0.5) is 24.5 Å². The van der Waals surface area contributed by atoms with Crippen LogP contribution in [0.1, 0.15) is 99.4 Å². The summed E-state index contributed by atoms with van der Waals surface area (Å²) in [6.07, 6.45) is 9.90. The number of likely N-dealkylation sites (tertiary alicyclic amines) is 1. The van der Waals surface area contributed by atoms with Crippen LogP contribution in [-0.4, -0.2) is 134 Å². The van der Waals surface area contributed by atoms with Gasteiger partial charge in [0.15, 0.2) is 0 Å². The van der Waals surface area contributed by atoms with E-state index in [1.807, 2.05) is 6.07 Å². The molecule has 0 aromatic heterocycles. The number of halogens is 3. The molecule has 7 aliphatic rings. The fourth-order valence-corrected chi connectivity index (χ4v) is 11.5. The Morgan fingerprint density at radius 2 is 1.77 bits per heavy atom. The number of hydrogen-bond acceptors (Lipinski definition) is 11. The zero-order chi connectivity index (χ0) is 44.9. The van der Waals surface area contributed by atoms with Crippen molar-refractivity contribution in [1.82, 2.24) is 25.3 Å². The summed E-state index contributed by atoms with van der Waals surface area (Å²) in [5.41, 5.74) is 2.38. The monoisotopic (exact) mass is 887 g/mol. The molecule has 64 heavy (non-hydrogen) atoms. The van der Waals surface area contributed by atoms with Crippen molar-refractivity contribution in [3.63, 3.8) is 0 Å². The molecule has 9 rings (SSSR count). The molecule has 0 bridgehead atoms. The molecular weight excluding hydrogens is 828 g/mol. The molecule has 5 unspecified atom stereocenters. The number of anilines is 2. The van der Waals surface area contributed by atoms with Gasteiger partial charge in [0.1, 0.15) is 23.8 Å². The van der Waals surface area contributed by atoms with Crippen molar-refractivity contribution in [3.05, 3.63) is 53.3 Å². The summed E-state index contributed by atoms with van der Waals surface area (Å²) >= 11 is 0. The van der Waals surface area contributed by atoms with E-state index >= 15 is 13.2 Å². The van der Waals surface area contributed by atoms with Gasteiger partial charge in [0.25, 0.3) is 11.8 Å². The number of guanidine groups is 1. The van der Waals surface area contributed by atoms with E-state index < -0.39 is 36.5 Å². The van der Waals surface area contributed by atoms with Crippen LogP contribution in [0.3, 0.4) is 0 Å². The van der Waals surface area contributed by atoms with Crippen LogP contribution in [0, 0.1) is 23.1 Å². The lowest BCUT2D eigenvalue weighted by atomic mass is 9.60. The van der Waals surface area contributed by atoms with Crippen molar-refractivity contribution in [2.45, 2.75) is 114 Å². The molecule has 5 aliphatic heterocycles. The van der Waals surface area contributed by atoms with Crippen LogP contribution in [0.5, 0.6) is 5.75 Å². The summed E-state index contributed by atoms with van der Waals surface area (Å²) in [4.78, 5) is 66.8. The number of carbonyl (C=O) groups is 4. The number of carbonyl (C=O) groups excluding carboxylic acids is 4. The van der Waals surface area contributed by atoms with E-state index in [1.165, 1.54) is 26.4 Å². The maximum atomic E-state index is 15.4. The molecule has 3 N–H and O–H groups in total. The van der Waals surface area contributed by atoms with Crippen LogP contribution in [0.2, 0.25) is 0 Å². The number of alkyl halides is 2. The Morgan fingerprint density at radius 3 is 2.47 bits per heavy atom. The summed E-state index contributed by atoms with van der Waals surface area (Å²) in [6, 6.07) is 9.43. The number of imide groups is 1. The van der Waals surface area contributed by atoms with Gasteiger partial charge < -0.3 is 30.1 Å². The number of hydrogen-bond donors (Lipinski definition) is 3. The number of amides is 4. The molecule has 5 atom stereocenters. The molecule has 1 spiro atoms. The molecule has 2 aromatic rings. The van der Waals surface area contributed by atoms with Crippen molar-refractivity contribution in [1.29, 1.82) is 0 Å². The van der Waals surface area contributed by atoms with Crippen molar-refractivity contribution in [2.24, 2.45) is 27.2 Å². The van der Waals surface area contributed by atoms with Crippen molar-refractivity contribution in [2.75, 3.05) is 63.6 Å². The predicted octanol–water partition coefficient (Wildman–Crippen LogP) is 5.39. The second-order valence-electron chi connectivity index (χ2n) is 19.5. The van der Waals surface area contributed by atoms with E-state index in [1.54, 1.807) is 29.2 Å². The highest BCUT2D eigenvalue weighted by molar-refractivity contribution is 6.03. The van der Waals surface area contributed by atoms with Gasteiger partial charge in [-0.3, -0.25) is 29.4 Å². The Morgan fingerprint density at radius 1 is 1.00 bits per heavy atom. The molecule has 14 nitrogen and oxygen atoms in total. The quantitative estimate of drug-likeness (QED) is 0.282. The van der Waals surface area contributed by atoms with Crippen LogP contribution >= 0.6 is 0 Å². The average molecular weight is 888 g/mol. The minimum Gasteiger partial charge on any atom is -0.495 e. The van der Waals surface area contributed by atoms with Crippen molar-refractivity contribution < 1.29 is 37.1 Å². The number of aliphatic imine (C=N–C) groups is 2. The maximum Gasteiger partial charge on any atom is 0.337 e. The molecule has 6 fully saturated rings. The molecule has 2 aliphatic carbocycles. The van der Waals surface area contributed by atoms with Gasteiger partial charge in [-0.25, -0.2) is 14.4 Å². The molecule has 5 heterocycles. The van der Waals surface area contributed by atoms with Gasteiger partial charge in [0.2, 0.25) is 17.8 Å². The summed E-state index contributed by atoms with van der Waals surface area (Å²) in [5, 5.41) is 8.77. The zero-order valence-electron chi connectivity index (χ0n) is 37.0. The third-order valence-corrected chi connectivity index (χ3v) is 15.4. The molecule has 17 heteroatoms. The van der Waals surface area contributed by atoms with Crippen LogP contribution in [0.25, 0.3) is 0 Å². The molecule has 4 amide bonds. The Balaban J connectivity index is 0.741. The molecular formula is C47H60F3N9O5. The van der Waals surface area contributed by atoms with Gasteiger partial charge in [0.05, 0.1) is 30.9 Å². The van der Waals surface area contributed by atoms with Gasteiger partial charge in [-0.05, 0) is 118 Å². The Kier molecular flexibility index (Phi) is 12.3. The average Bonchev–Trinajstić information content (AvgIpc) is 3.79. The number of benzene rings is 2. The predicted molar refractivity (Wildman–Crippen MR) is 236 cm³/mol. The SMILES string of the molecule is COc1cc(C(=O)NC2CC3(CCN(CC4CCN(c5ccc(C6CCC(=O)NC6=O)cc5F)CC4C)CC3)C2)ccc1NC1=NC2C(C=N1)N(C)C(=O)C(F)(F)CN2C1CCCC1. The van der Waals surface area contributed by atoms with Crippen molar-refractivity contribution >= 4 is 47.2 Å². The first-order chi connectivity index (χ1) is 30.7. The van der Waals surface area contributed by atoms with E-state index in [9.17, 15) is 19.2 Å². The van der Waals surface area contributed by atoms with Gasteiger partial charge in [0, 0.05) is 57.0 Å². The summed E-state index contributed by atoms with van der Waals surface area (Å²) in [7, 11) is 2.89. The summed E-state index contributed by atoms with van der Waals surface area (Å²) < 4.78 is 51.3. The Hall–Kier alpha value is -5.03. The first-order valence-electron chi connectivity index (χ1n) is 23.1. The third-order valence-electron chi connectivity index (χ3n) is 15.4. The summed E-state index contributed by atoms with van der Waals surface area (Å²) in [6.45, 7) is 6.16. The Labute approximate surface area is 372 Å². The number of ether oxygens (including phenoxy) is 1. The third kappa shape index (κ3) is 8.85. The lowest BCUT2D eigenvalue weighted by Gasteiger charge is -2.53. The van der Waals surface area contributed by atoms with E-state index in [-0.39, 0.29) is 53.4 Å². The first-order valence-corrected chi connectivity index (χ1v) is 23.1. The fourth-order valence-electron chi connectivity index (χ4n) is 11.5. The number of likely N-dealkylation sites (N-methyl/N-ethyl adjacent to an activating group) is 1. The lowest BCUT2D eigenvalue weighted by Crippen LogP contribution is -2.55. The van der Waals surface area contributed by atoms with Crippen LogP contribution in [0.15, 0.2) is 46.4 Å². The second kappa shape index (κ2) is 17.7. The normalized spacial score (nSPS) is 28.9. The smallest absolute Gasteiger partial charge is 0.337 e. The Bertz CT molecular complexity index is 2200. The largest absolute Gasteiger partial charge is 0.495 e. The van der Waals surface area contributed by atoms with E-state index in [0.717, 1.165) is 95.4 Å². The maximum absolute atomic E-state index is 15.4. The standard InChI is InChI=1S/C47H60F3N9O5/c1-28-25-58(37-12-9-29(20-35(37)48)34-10-13-40(60)54-43(34)62)17-14-31(28)26-57-18-15-46(16-19-57)22-32(23-46)52-42(61)30-8-11-36(39(21-30)64-3)53-45-51-24-38-41(55-45)59(33-6-4-5-7-33)27-47(49,50)44(63)56(38)2/h8-9,11-12,20-21,24,28,31-34,38,41H,4-7,10,13-19,22-23,25-27H2,1-3H3,(H,52,61)(H,53,55)(H,54,60,62). The number of nitrogens with zero attached hydrogens (tertiary/aromatic N) is 6. The minimum absolute atomic E-state index is 0.0873.